The van der Waals surface area contributed by atoms with Crippen LogP contribution in [-0.4, -0.2) is 33.7 Å². The topological polar surface area (TPSA) is 77.8 Å². The number of carbonyl (C=O) groups is 1. The molecule has 1 aliphatic heterocycles. The van der Waals surface area contributed by atoms with Gasteiger partial charge in [-0.05, 0) is 6.07 Å². The molecule has 0 fully saturated rings. The summed E-state index contributed by atoms with van der Waals surface area (Å²) < 4.78 is 12.6. The quantitative estimate of drug-likeness (QED) is 0.792. The molecule has 0 aromatic carbocycles. The van der Waals surface area contributed by atoms with E-state index >= 15 is 0 Å². The first-order chi connectivity index (χ1) is 10.8. The SMILES string of the molecule is O=C(NCc1cnn2cccnc12)c1scc2c1OCCO2. The maximum Gasteiger partial charge on any atom is 0.265 e. The van der Waals surface area contributed by atoms with Crippen LogP contribution in [0.15, 0.2) is 30.0 Å². The molecule has 4 rings (SSSR count). The van der Waals surface area contributed by atoms with E-state index in [1.165, 1.54) is 11.3 Å². The second-order valence-electron chi connectivity index (χ2n) is 4.70. The maximum atomic E-state index is 12.3. The first-order valence-corrected chi connectivity index (χ1v) is 7.63. The number of carbonyl (C=O) groups excluding carboxylic acids is 1. The zero-order valence-electron chi connectivity index (χ0n) is 11.5. The summed E-state index contributed by atoms with van der Waals surface area (Å²) in [6, 6.07) is 1.80. The maximum absolute atomic E-state index is 12.3. The Kier molecular flexibility index (Phi) is 3.15. The summed E-state index contributed by atoms with van der Waals surface area (Å²) in [5.41, 5.74) is 1.59. The molecule has 0 bridgehead atoms. The van der Waals surface area contributed by atoms with Crippen molar-refractivity contribution >= 4 is 22.9 Å². The number of thiophene rings is 1. The standard InChI is InChI=1S/C14H12N4O3S/c19-14(12-11-10(8-22-12)20-4-5-21-11)16-6-9-7-17-18-3-1-2-15-13(9)18/h1-3,7-8H,4-6H2,(H,16,19). The van der Waals surface area contributed by atoms with E-state index in [0.29, 0.717) is 36.1 Å². The van der Waals surface area contributed by atoms with Crippen LogP contribution in [0.1, 0.15) is 15.2 Å². The molecular weight excluding hydrogens is 304 g/mol. The van der Waals surface area contributed by atoms with Crippen molar-refractivity contribution in [2.45, 2.75) is 6.54 Å². The van der Waals surface area contributed by atoms with Crippen molar-refractivity contribution < 1.29 is 14.3 Å². The Balaban J connectivity index is 1.52. The predicted octanol–water partition coefficient (Wildman–Crippen LogP) is 1.49. The summed E-state index contributed by atoms with van der Waals surface area (Å²) in [6.07, 6.45) is 5.21. The highest BCUT2D eigenvalue weighted by molar-refractivity contribution is 7.12. The van der Waals surface area contributed by atoms with Gasteiger partial charge in [0.2, 0.25) is 0 Å². The van der Waals surface area contributed by atoms with Crippen molar-refractivity contribution in [3.05, 3.63) is 40.5 Å². The highest BCUT2D eigenvalue weighted by Crippen LogP contribution is 2.39. The largest absolute Gasteiger partial charge is 0.485 e. The van der Waals surface area contributed by atoms with E-state index < -0.39 is 0 Å². The Morgan fingerprint density at radius 1 is 1.41 bits per heavy atom. The third kappa shape index (κ3) is 2.17. The predicted molar refractivity (Wildman–Crippen MR) is 79.5 cm³/mol. The van der Waals surface area contributed by atoms with Crippen molar-refractivity contribution in [2.75, 3.05) is 13.2 Å². The highest BCUT2D eigenvalue weighted by Gasteiger charge is 2.23. The molecule has 8 heteroatoms. The van der Waals surface area contributed by atoms with Crippen LogP contribution in [0.5, 0.6) is 11.5 Å². The molecule has 0 unspecified atom stereocenters. The molecule has 112 valence electrons. The number of aromatic nitrogens is 3. The number of amides is 1. The van der Waals surface area contributed by atoms with Crippen LogP contribution in [0.4, 0.5) is 0 Å². The van der Waals surface area contributed by atoms with Gasteiger partial charge in [-0.3, -0.25) is 4.79 Å². The lowest BCUT2D eigenvalue weighted by molar-refractivity contribution is 0.0946. The Labute approximate surface area is 129 Å². The minimum absolute atomic E-state index is 0.188. The molecule has 1 aliphatic rings. The number of hydrogen-bond donors (Lipinski definition) is 1. The zero-order valence-corrected chi connectivity index (χ0v) is 12.3. The molecule has 0 aliphatic carbocycles. The number of nitrogens with zero attached hydrogens (tertiary/aromatic N) is 3. The molecule has 3 aromatic heterocycles. The van der Waals surface area contributed by atoms with Crippen molar-refractivity contribution in [2.24, 2.45) is 0 Å². The molecule has 0 atom stereocenters. The molecule has 3 aromatic rings. The average molecular weight is 316 g/mol. The number of nitrogens with one attached hydrogen (secondary N) is 1. The highest BCUT2D eigenvalue weighted by atomic mass is 32.1. The molecule has 0 radical (unpaired) electrons. The number of hydrogen-bond acceptors (Lipinski definition) is 6. The van der Waals surface area contributed by atoms with Gasteiger partial charge in [-0.25, -0.2) is 9.50 Å². The molecule has 7 nitrogen and oxygen atoms in total. The van der Waals surface area contributed by atoms with Crippen molar-refractivity contribution in [1.82, 2.24) is 19.9 Å². The van der Waals surface area contributed by atoms with E-state index in [4.69, 9.17) is 9.47 Å². The fourth-order valence-electron chi connectivity index (χ4n) is 2.28. The smallest absolute Gasteiger partial charge is 0.265 e. The summed E-state index contributed by atoms with van der Waals surface area (Å²) in [6.45, 7) is 1.33. The summed E-state index contributed by atoms with van der Waals surface area (Å²) in [5, 5.41) is 8.85. The van der Waals surface area contributed by atoms with Crippen LogP contribution in [0.2, 0.25) is 0 Å². The Hall–Kier alpha value is -2.61. The second-order valence-corrected chi connectivity index (χ2v) is 5.58. The normalized spacial score (nSPS) is 13.3. The van der Waals surface area contributed by atoms with E-state index in [2.05, 4.69) is 15.4 Å². The summed E-state index contributed by atoms with van der Waals surface area (Å²) in [4.78, 5) is 17.1. The van der Waals surface area contributed by atoms with Gasteiger partial charge in [0.1, 0.15) is 18.1 Å². The Morgan fingerprint density at radius 2 is 2.32 bits per heavy atom. The van der Waals surface area contributed by atoms with Crippen LogP contribution in [0.3, 0.4) is 0 Å². The lowest BCUT2D eigenvalue weighted by atomic mass is 10.3. The summed E-state index contributed by atoms with van der Waals surface area (Å²) in [5.74, 6) is 0.984. The van der Waals surface area contributed by atoms with Crippen LogP contribution in [0, 0.1) is 0 Å². The van der Waals surface area contributed by atoms with E-state index in [1.54, 1.807) is 28.4 Å². The third-order valence-corrected chi connectivity index (χ3v) is 4.24. The second kappa shape index (κ2) is 5.30. The first kappa shape index (κ1) is 13.1. The van der Waals surface area contributed by atoms with E-state index in [-0.39, 0.29) is 5.91 Å². The zero-order chi connectivity index (χ0) is 14.9. The van der Waals surface area contributed by atoms with Crippen LogP contribution in [0.25, 0.3) is 5.65 Å². The third-order valence-electron chi connectivity index (χ3n) is 3.30. The van der Waals surface area contributed by atoms with Gasteiger partial charge in [-0.1, -0.05) is 0 Å². The fourth-order valence-corrected chi connectivity index (χ4v) is 3.12. The number of fused-ring (bicyclic) bond motifs is 2. The number of ether oxygens (including phenoxy) is 2. The molecule has 1 N–H and O–H groups in total. The van der Waals surface area contributed by atoms with Gasteiger partial charge >= 0.3 is 0 Å². The molecular formula is C14H12N4O3S. The van der Waals surface area contributed by atoms with Gasteiger partial charge in [-0.15, -0.1) is 11.3 Å². The monoisotopic (exact) mass is 316 g/mol. The minimum Gasteiger partial charge on any atom is -0.485 e. The van der Waals surface area contributed by atoms with Crippen LogP contribution < -0.4 is 14.8 Å². The molecule has 0 spiro atoms. The van der Waals surface area contributed by atoms with Crippen LogP contribution in [-0.2, 0) is 6.54 Å². The lowest BCUT2D eigenvalue weighted by Crippen LogP contribution is -2.23. The molecule has 0 saturated heterocycles. The molecule has 0 saturated carbocycles. The Bertz CT molecular complexity index is 842. The molecule has 1 amide bonds. The minimum atomic E-state index is -0.188. The van der Waals surface area contributed by atoms with Gasteiger partial charge < -0.3 is 14.8 Å². The van der Waals surface area contributed by atoms with E-state index in [0.717, 1.165) is 11.2 Å². The van der Waals surface area contributed by atoms with Gasteiger partial charge in [0, 0.05) is 29.9 Å². The van der Waals surface area contributed by atoms with Gasteiger partial charge in [-0.2, -0.15) is 5.10 Å². The average Bonchev–Trinajstić information content (AvgIpc) is 3.17. The lowest BCUT2D eigenvalue weighted by Gasteiger charge is -2.15. The van der Waals surface area contributed by atoms with Gasteiger partial charge in [0.05, 0.1) is 6.20 Å². The molecule has 22 heavy (non-hydrogen) atoms. The number of rotatable bonds is 3. The summed E-state index contributed by atoms with van der Waals surface area (Å²) >= 11 is 1.32. The summed E-state index contributed by atoms with van der Waals surface area (Å²) in [7, 11) is 0. The Morgan fingerprint density at radius 3 is 3.27 bits per heavy atom. The molecule has 4 heterocycles. The van der Waals surface area contributed by atoms with Crippen molar-refractivity contribution in [1.29, 1.82) is 0 Å². The van der Waals surface area contributed by atoms with Gasteiger partial charge in [0.25, 0.3) is 5.91 Å². The van der Waals surface area contributed by atoms with Gasteiger partial charge in [0.15, 0.2) is 17.1 Å². The fraction of sp³-hybridized carbons (Fsp3) is 0.214. The first-order valence-electron chi connectivity index (χ1n) is 6.75. The van der Waals surface area contributed by atoms with E-state index in [1.807, 2.05) is 6.20 Å². The van der Waals surface area contributed by atoms with Crippen molar-refractivity contribution in [3.63, 3.8) is 0 Å². The van der Waals surface area contributed by atoms with E-state index in [9.17, 15) is 4.79 Å². The van der Waals surface area contributed by atoms with Crippen LogP contribution >= 0.6 is 11.3 Å². The van der Waals surface area contributed by atoms with Crippen molar-refractivity contribution in [3.8, 4) is 11.5 Å².